The third-order valence-corrected chi connectivity index (χ3v) is 9.53. The van der Waals surface area contributed by atoms with Crippen molar-refractivity contribution in [3.63, 3.8) is 0 Å². The monoisotopic (exact) mass is 528 g/mol. The van der Waals surface area contributed by atoms with Gasteiger partial charge in [-0.2, -0.15) is 0 Å². The van der Waals surface area contributed by atoms with Crippen LogP contribution in [0.15, 0.2) is 41.5 Å². The van der Waals surface area contributed by atoms with Gasteiger partial charge in [-0.05, 0) is 17.9 Å². The molecule has 6 aliphatic rings. The van der Waals surface area contributed by atoms with E-state index in [1.165, 1.54) is 6.92 Å². The van der Waals surface area contributed by atoms with Crippen LogP contribution < -0.4 is 0 Å². The molecule has 1 aromatic rings. The molecule has 5 fully saturated rings. The number of aliphatic hydroxyl groups is 2. The van der Waals surface area contributed by atoms with E-state index in [4.69, 9.17) is 23.7 Å². The molecule has 0 bridgehead atoms. The van der Waals surface area contributed by atoms with Gasteiger partial charge in [-0.25, -0.2) is 14.4 Å². The number of ether oxygens (including phenoxy) is 5. The van der Waals surface area contributed by atoms with Crippen LogP contribution in [0.5, 0.6) is 0 Å². The van der Waals surface area contributed by atoms with E-state index in [0.29, 0.717) is 0 Å². The molecule has 0 amide bonds. The fraction of sp³-hybridized carbons (Fsp3) is 0.607. The van der Waals surface area contributed by atoms with E-state index >= 15 is 0 Å². The molecule has 2 spiro atoms. The third-order valence-electron chi connectivity index (χ3n) is 9.53. The van der Waals surface area contributed by atoms with Gasteiger partial charge in [0.15, 0.2) is 12.2 Å². The van der Waals surface area contributed by atoms with Gasteiger partial charge in [0.1, 0.15) is 12.2 Å². The molecule has 10 heteroatoms. The largest absolute Gasteiger partial charge is 0.456 e. The Hall–Kier alpha value is -2.79. The Kier molecular flexibility index (Phi) is 4.99. The van der Waals surface area contributed by atoms with Crippen molar-refractivity contribution in [2.45, 2.75) is 84.1 Å². The van der Waals surface area contributed by atoms with Crippen molar-refractivity contribution in [2.24, 2.45) is 22.2 Å². The molecular weight excluding hydrogens is 496 g/mol. The minimum atomic E-state index is -1.97. The predicted molar refractivity (Wildman–Crippen MR) is 128 cm³/mol. The van der Waals surface area contributed by atoms with Crippen molar-refractivity contribution in [1.29, 1.82) is 0 Å². The number of carbonyl (C=O) groups is 3. The predicted octanol–water partition coefficient (Wildman–Crippen LogP) is 1.41. The van der Waals surface area contributed by atoms with Crippen LogP contribution >= 0.6 is 0 Å². The summed E-state index contributed by atoms with van der Waals surface area (Å²) < 4.78 is 29.9. The Labute approximate surface area is 219 Å². The molecule has 10 nitrogen and oxygen atoms in total. The highest BCUT2D eigenvalue weighted by molar-refractivity contribution is 6.00. The molecule has 0 radical (unpaired) electrons. The lowest BCUT2D eigenvalue weighted by atomic mass is 9.51. The molecule has 204 valence electrons. The second-order valence-corrected chi connectivity index (χ2v) is 12.0. The number of hydrogen-bond donors (Lipinski definition) is 2. The Morgan fingerprint density at radius 2 is 1.71 bits per heavy atom. The number of aliphatic hydroxyl groups excluding tert-OH is 2. The van der Waals surface area contributed by atoms with Crippen LogP contribution in [0.4, 0.5) is 0 Å². The van der Waals surface area contributed by atoms with Gasteiger partial charge in [-0.15, -0.1) is 0 Å². The number of esters is 3. The van der Waals surface area contributed by atoms with Crippen molar-refractivity contribution in [3.05, 3.63) is 47.0 Å². The SMILES string of the molecule is C.CC1=C2C(OC1=O)[C@H](O)C13C4OC(=O)[C@]21O[C@@H]1OC(=O)[C@H](OCc2ccccc2)C13[C@H](C(C)(C)C)[C@H]4O. The van der Waals surface area contributed by atoms with Gasteiger partial charge in [0.05, 0.1) is 23.5 Å². The Bertz CT molecular complexity index is 1280. The summed E-state index contributed by atoms with van der Waals surface area (Å²) in [7, 11) is 0. The van der Waals surface area contributed by atoms with E-state index in [-0.39, 0.29) is 25.2 Å². The van der Waals surface area contributed by atoms with Crippen molar-refractivity contribution >= 4 is 17.9 Å². The van der Waals surface area contributed by atoms with Gasteiger partial charge in [-0.1, -0.05) is 58.5 Å². The van der Waals surface area contributed by atoms with Gasteiger partial charge >= 0.3 is 17.9 Å². The van der Waals surface area contributed by atoms with Gasteiger partial charge in [0.2, 0.25) is 11.9 Å². The van der Waals surface area contributed by atoms with Crippen LogP contribution in [0.1, 0.15) is 40.7 Å². The Morgan fingerprint density at radius 1 is 1.03 bits per heavy atom. The molecule has 7 rings (SSSR count). The zero-order chi connectivity index (χ0) is 26.3. The van der Waals surface area contributed by atoms with Crippen molar-refractivity contribution in [2.75, 3.05) is 0 Å². The van der Waals surface area contributed by atoms with Gasteiger partial charge in [0, 0.05) is 17.1 Å². The molecule has 2 saturated carbocycles. The summed E-state index contributed by atoms with van der Waals surface area (Å²) in [5.41, 5.74) is -4.77. The summed E-state index contributed by atoms with van der Waals surface area (Å²) in [6, 6.07) is 9.25. The summed E-state index contributed by atoms with van der Waals surface area (Å²) in [5.74, 6) is -2.99. The minimum Gasteiger partial charge on any atom is -0.456 e. The first-order chi connectivity index (χ1) is 17.5. The lowest BCUT2D eigenvalue weighted by molar-refractivity contribution is -0.195. The second kappa shape index (κ2) is 7.44. The first-order valence-electron chi connectivity index (χ1n) is 12.5. The molecule has 2 N–H and O–H groups in total. The summed E-state index contributed by atoms with van der Waals surface area (Å²) in [5, 5.41) is 23.8. The van der Waals surface area contributed by atoms with E-state index in [1.54, 1.807) is 0 Å². The average Bonchev–Trinajstić information content (AvgIpc) is 3.55. The standard InChI is InChI=1S/C27H28O10.CH4/c1-11-13-15(34-20(11)30)17(29)26-18-14(28)16(24(2,3)4)25(26)19(33-10-12-8-6-5-7-9-12)21(31)36-23(25)37-27(13,26)22(32)35-18;/h5-9,14-19,23,28-29H,10H2,1-4H3;1H4/t14-,15?,16+,17+,18?,19+,23+,25?,26?,27-;/m1./s1. The molecule has 38 heavy (non-hydrogen) atoms. The smallest absolute Gasteiger partial charge is 0.344 e. The van der Waals surface area contributed by atoms with Crippen LogP contribution in [-0.4, -0.2) is 70.5 Å². The maximum absolute atomic E-state index is 13.7. The van der Waals surface area contributed by atoms with Crippen molar-refractivity contribution < 1.29 is 48.3 Å². The van der Waals surface area contributed by atoms with E-state index < -0.39 is 82.5 Å². The first-order valence-corrected chi connectivity index (χ1v) is 12.5. The van der Waals surface area contributed by atoms with Gasteiger partial charge in [-0.3, -0.25) is 0 Å². The highest BCUT2D eigenvalue weighted by Gasteiger charge is 3.01. The van der Waals surface area contributed by atoms with Crippen LogP contribution in [-0.2, 0) is 44.7 Å². The summed E-state index contributed by atoms with van der Waals surface area (Å²) in [4.78, 5) is 39.8. The zero-order valence-corrected chi connectivity index (χ0v) is 20.8. The van der Waals surface area contributed by atoms with E-state index in [9.17, 15) is 24.6 Å². The molecule has 4 unspecified atom stereocenters. The van der Waals surface area contributed by atoms with Crippen LogP contribution in [0.3, 0.4) is 0 Å². The topological polar surface area (TPSA) is 138 Å². The maximum Gasteiger partial charge on any atom is 0.344 e. The number of hydrogen-bond acceptors (Lipinski definition) is 10. The highest BCUT2D eigenvalue weighted by Crippen LogP contribution is 2.83. The fourth-order valence-electron chi connectivity index (χ4n) is 8.73. The van der Waals surface area contributed by atoms with Crippen molar-refractivity contribution in [1.82, 2.24) is 0 Å². The number of carbonyl (C=O) groups excluding carboxylic acids is 3. The first kappa shape index (κ1) is 25.5. The van der Waals surface area contributed by atoms with Crippen LogP contribution in [0, 0.1) is 22.2 Å². The molecule has 10 atom stereocenters. The van der Waals surface area contributed by atoms with Gasteiger partial charge in [0.25, 0.3) is 0 Å². The third kappa shape index (κ3) is 2.35. The Balaban J connectivity index is 0.00000264. The van der Waals surface area contributed by atoms with E-state index in [2.05, 4.69) is 0 Å². The zero-order valence-electron chi connectivity index (χ0n) is 20.8. The molecule has 3 saturated heterocycles. The summed E-state index contributed by atoms with van der Waals surface area (Å²) in [6.07, 6.45) is -7.86. The summed E-state index contributed by atoms with van der Waals surface area (Å²) in [6.45, 7) is 7.24. The molecule has 4 heterocycles. The maximum atomic E-state index is 13.7. The van der Waals surface area contributed by atoms with Crippen LogP contribution in [0.2, 0.25) is 0 Å². The lowest BCUT2D eigenvalue weighted by Gasteiger charge is -2.48. The van der Waals surface area contributed by atoms with Gasteiger partial charge < -0.3 is 33.9 Å². The molecule has 4 aliphatic heterocycles. The molecule has 0 aromatic heterocycles. The molecule has 1 aromatic carbocycles. The second-order valence-electron chi connectivity index (χ2n) is 12.0. The van der Waals surface area contributed by atoms with E-state index in [1.807, 2.05) is 51.1 Å². The Morgan fingerprint density at radius 3 is 2.37 bits per heavy atom. The fourth-order valence-corrected chi connectivity index (χ4v) is 8.73. The number of benzene rings is 1. The van der Waals surface area contributed by atoms with E-state index in [0.717, 1.165) is 5.56 Å². The quantitative estimate of drug-likeness (QED) is 0.438. The molecule has 2 aliphatic carbocycles. The minimum absolute atomic E-state index is 0. The average molecular weight is 529 g/mol. The number of fused-ring (bicyclic) bond motifs is 1. The normalized spacial score (nSPS) is 45.7. The number of rotatable bonds is 3. The van der Waals surface area contributed by atoms with Crippen molar-refractivity contribution in [3.8, 4) is 0 Å². The lowest BCUT2D eigenvalue weighted by Crippen LogP contribution is -2.63. The molecular formula is C28H32O10. The summed E-state index contributed by atoms with van der Waals surface area (Å²) >= 11 is 0. The highest BCUT2D eigenvalue weighted by atomic mass is 16.8. The van der Waals surface area contributed by atoms with Crippen LogP contribution in [0.25, 0.3) is 0 Å².